The molecule has 0 aliphatic carbocycles. The van der Waals surface area contributed by atoms with Crippen molar-refractivity contribution in [3.63, 3.8) is 0 Å². The van der Waals surface area contributed by atoms with Crippen molar-refractivity contribution in [3.8, 4) is 0 Å². The van der Waals surface area contributed by atoms with Gasteiger partial charge in [-0.3, -0.25) is 14.5 Å². The van der Waals surface area contributed by atoms with Gasteiger partial charge in [0, 0.05) is 25.9 Å². The third-order valence-electron chi connectivity index (χ3n) is 2.62. The average Bonchev–Trinajstić information content (AvgIpc) is 2.68. The number of rotatable bonds is 5. The lowest BCUT2D eigenvalue weighted by molar-refractivity contribution is -0.138. The number of hydrogen-bond donors (Lipinski definition) is 1. The van der Waals surface area contributed by atoms with Gasteiger partial charge < -0.3 is 5.32 Å². The van der Waals surface area contributed by atoms with Gasteiger partial charge in [0.15, 0.2) is 5.82 Å². The molecule has 1 fully saturated rings. The molecule has 1 aliphatic rings. The van der Waals surface area contributed by atoms with E-state index in [4.69, 9.17) is 0 Å². The van der Waals surface area contributed by atoms with Gasteiger partial charge in [-0.25, -0.2) is 14.4 Å². The van der Waals surface area contributed by atoms with Gasteiger partial charge in [0.1, 0.15) is 0 Å². The molecule has 0 saturated carbocycles. The lowest BCUT2D eigenvalue weighted by Crippen LogP contribution is -2.31. The maximum absolute atomic E-state index is 12.5. The fraction of sp³-hybridized carbons (Fsp3) is 0.455. The minimum atomic E-state index is -0.492. The first-order chi connectivity index (χ1) is 8.66. The van der Waals surface area contributed by atoms with Crippen LogP contribution in [0.1, 0.15) is 19.3 Å². The Morgan fingerprint density at radius 3 is 2.44 bits per heavy atom. The zero-order valence-electron chi connectivity index (χ0n) is 9.73. The van der Waals surface area contributed by atoms with Gasteiger partial charge in [-0.05, 0) is 6.42 Å². The number of imide groups is 1. The van der Waals surface area contributed by atoms with Crippen LogP contribution in [-0.2, 0) is 9.59 Å². The molecule has 18 heavy (non-hydrogen) atoms. The molecule has 1 aromatic rings. The van der Waals surface area contributed by atoms with E-state index >= 15 is 0 Å². The molecule has 1 N–H and O–H groups in total. The van der Waals surface area contributed by atoms with Gasteiger partial charge in [-0.15, -0.1) is 0 Å². The number of hydrogen-bond acceptors (Lipinski definition) is 5. The summed E-state index contributed by atoms with van der Waals surface area (Å²) in [6, 6.07) is 0. The number of anilines is 1. The number of likely N-dealkylation sites (tertiary alicyclic amines) is 1. The molecule has 0 unspecified atom stereocenters. The smallest absolute Gasteiger partial charge is 0.229 e. The number of carbonyl (C=O) groups is 2. The van der Waals surface area contributed by atoms with E-state index in [9.17, 15) is 14.0 Å². The highest BCUT2D eigenvalue weighted by Crippen LogP contribution is 2.11. The van der Waals surface area contributed by atoms with E-state index in [1.807, 2.05) is 0 Å². The van der Waals surface area contributed by atoms with Gasteiger partial charge >= 0.3 is 0 Å². The van der Waals surface area contributed by atoms with Crippen LogP contribution in [0, 0.1) is 5.82 Å². The summed E-state index contributed by atoms with van der Waals surface area (Å²) < 4.78 is 12.5. The van der Waals surface area contributed by atoms with Crippen LogP contribution in [0.5, 0.6) is 0 Å². The molecular weight excluding hydrogens is 239 g/mol. The van der Waals surface area contributed by atoms with Crippen molar-refractivity contribution in [2.75, 3.05) is 18.4 Å². The zero-order valence-corrected chi connectivity index (χ0v) is 9.73. The Morgan fingerprint density at radius 1 is 1.22 bits per heavy atom. The number of amides is 2. The molecule has 0 radical (unpaired) electrons. The molecule has 2 rings (SSSR count). The molecule has 1 aliphatic heterocycles. The van der Waals surface area contributed by atoms with Crippen LogP contribution in [0.15, 0.2) is 12.4 Å². The number of carbonyl (C=O) groups excluding carboxylic acids is 2. The average molecular weight is 252 g/mol. The fourth-order valence-electron chi connectivity index (χ4n) is 1.71. The third-order valence-corrected chi connectivity index (χ3v) is 2.62. The SMILES string of the molecule is O=C1CCC(=O)N1CCCNc1ncc(F)cn1. The predicted molar refractivity (Wildman–Crippen MR) is 61.1 cm³/mol. The summed E-state index contributed by atoms with van der Waals surface area (Å²) in [5, 5.41) is 2.89. The molecule has 6 nitrogen and oxygen atoms in total. The largest absolute Gasteiger partial charge is 0.354 e. The molecule has 0 atom stereocenters. The van der Waals surface area contributed by atoms with Crippen molar-refractivity contribution >= 4 is 17.8 Å². The Morgan fingerprint density at radius 2 is 1.83 bits per heavy atom. The summed E-state index contributed by atoms with van der Waals surface area (Å²) in [5.41, 5.74) is 0. The first kappa shape index (κ1) is 12.4. The summed E-state index contributed by atoms with van der Waals surface area (Å²) in [4.78, 5) is 31.3. The van der Waals surface area contributed by atoms with Crippen molar-refractivity contribution in [2.24, 2.45) is 0 Å². The van der Waals surface area contributed by atoms with Gasteiger partial charge in [0.25, 0.3) is 0 Å². The highest BCUT2D eigenvalue weighted by Gasteiger charge is 2.27. The van der Waals surface area contributed by atoms with Crippen molar-refractivity contribution in [2.45, 2.75) is 19.3 Å². The minimum absolute atomic E-state index is 0.113. The minimum Gasteiger partial charge on any atom is -0.354 e. The highest BCUT2D eigenvalue weighted by atomic mass is 19.1. The monoisotopic (exact) mass is 252 g/mol. The highest BCUT2D eigenvalue weighted by molar-refractivity contribution is 6.01. The van der Waals surface area contributed by atoms with Gasteiger partial charge in [-0.2, -0.15) is 0 Å². The normalized spacial score (nSPS) is 15.3. The molecule has 96 valence electrons. The van der Waals surface area contributed by atoms with E-state index < -0.39 is 5.82 Å². The summed E-state index contributed by atoms with van der Waals surface area (Å²) >= 11 is 0. The maximum atomic E-state index is 12.5. The second-order valence-corrected chi connectivity index (χ2v) is 3.94. The van der Waals surface area contributed by atoms with Crippen molar-refractivity contribution in [1.82, 2.24) is 14.9 Å². The van der Waals surface area contributed by atoms with E-state index in [-0.39, 0.29) is 11.8 Å². The Balaban J connectivity index is 1.71. The molecule has 2 heterocycles. The Labute approximate surface area is 103 Å². The lowest BCUT2D eigenvalue weighted by atomic mass is 10.4. The van der Waals surface area contributed by atoms with E-state index in [1.54, 1.807) is 0 Å². The molecule has 1 saturated heterocycles. The number of halogens is 1. The van der Waals surface area contributed by atoms with Crippen LogP contribution < -0.4 is 5.32 Å². The molecule has 2 amide bonds. The van der Waals surface area contributed by atoms with Gasteiger partial charge in [-0.1, -0.05) is 0 Å². The summed E-state index contributed by atoms with van der Waals surface area (Å²) in [6.45, 7) is 0.911. The molecule has 1 aromatic heterocycles. The van der Waals surface area contributed by atoms with Crippen LogP contribution in [0.3, 0.4) is 0 Å². The van der Waals surface area contributed by atoms with Crippen molar-refractivity contribution in [1.29, 1.82) is 0 Å². The van der Waals surface area contributed by atoms with E-state index in [0.29, 0.717) is 38.3 Å². The van der Waals surface area contributed by atoms with E-state index in [2.05, 4.69) is 15.3 Å². The van der Waals surface area contributed by atoms with Crippen LogP contribution in [-0.4, -0.2) is 39.8 Å². The Hall–Kier alpha value is -2.05. The van der Waals surface area contributed by atoms with Gasteiger partial charge in [0.2, 0.25) is 17.8 Å². The summed E-state index contributed by atoms with van der Waals surface area (Å²) in [5.74, 6) is -0.389. The molecule has 0 bridgehead atoms. The predicted octanol–water partition coefficient (Wildman–Crippen LogP) is 0.567. The standard InChI is InChI=1S/C11H13FN4O2/c12-8-6-14-11(15-7-8)13-4-1-5-16-9(17)2-3-10(16)18/h6-7H,1-5H2,(H,13,14,15). The van der Waals surface area contributed by atoms with E-state index in [0.717, 1.165) is 12.4 Å². The van der Waals surface area contributed by atoms with Crippen LogP contribution in [0.4, 0.5) is 10.3 Å². The molecule has 7 heteroatoms. The molecule has 0 spiro atoms. The molecular formula is C11H13FN4O2. The number of nitrogens with one attached hydrogen (secondary N) is 1. The van der Waals surface area contributed by atoms with Crippen molar-refractivity contribution in [3.05, 3.63) is 18.2 Å². The topological polar surface area (TPSA) is 75.2 Å². The van der Waals surface area contributed by atoms with Crippen LogP contribution in [0.2, 0.25) is 0 Å². The molecule has 0 aromatic carbocycles. The Kier molecular flexibility index (Phi) is 3.81. The fourth-order valence-corrected chi connectivity index (χ4v) is 1.71. The lowest BCUT2D eigenvalue weighted by Gasteiger charge is -2.13. The number of nitrogens with zero attached hydrogens (tertiary/aromatic N) is 3. The second-order valence-electron chi connectivity index (χ2n) is 3.94. The van der Waals surface area contributed by atoms with Gasteiger partial charge in [0.05, 0.1) is 12.4 Å². The zero-order chi connectivity index (χ0) is 13.0. The first-order valence-electron chi connectivity index (χ1n) is 5.71. The van der Waals surface area contributed by atoms with E-state index in [1.165, 1.54) is 4.90 Å². The summed E-state index contributed by atoms with van der Waals surface area (Å²) in [6.07, 6.45) is 3.38. The quantitative estimate of drug-likeness (QED) is 0.612. The van der Waals surface area contributed by atoms with Crippen LogP contribution in [0.25, 0.3) is 0 Å². The third kappa shape index (κ3) is 2.99. The maximum Gasteiger partial charge on any atom is 0.229 e. The number of aromatic nitrogens is 2. The second kappa shape index (κ2) is 5.52. The summed E-state index contributed by atoms with van der Waals surface area (Å²) in [7, 11) is 0. The van der Waals surface area contributed by atoms with Crippen LogP contribution >= 0.6 is 0 Å². The Bertz CT molecular complexity index is 433. The first-order valence-corrected chi connectivity index (χ1v) is 5.71. The van der Waals surface area contributed by atoms with Crippen molar-refractivity contribution < 1.29 is 14.0 Å².